The Kier molecular flexibility index (Phi) is 6.87. The van der Waals surface area contributed by atoms with Crippen molar-refractivity contribution in [1.29, 1.82) is 0 Å². The van der Waals surface area contributed by atoms with Crippen molar-refractivity contribution in [3.8, 4) is 5.75 Å². The molecule has 2 saturated carbocycles. The smallest absolute Gasteiger partial charge is 0.251 e. The fourth-order valence-corrected chi connectivity index (χ4v) is 3.92. The molecule has 0 atom stereocenters. The van der Waals surface area contributed by atoms with E-state index in [1.165, 1.54) is 31.7 Å². The number of nitrogens with zero attached hydrogens (tertiary/aromatic N) is 1. The lowest BCUT2D eigenvalue weighted by Gasteiger charge is -2.39. The van der Waals surface area contributed by atoms with Crippen molar-refractivity contribution in [3.63, 3.8) is 0 Å². The van der Waals surface area contributed by atoms with Crippen molar-refractivity contribution in [1.82, 2.24) is 10.6 Å². The predicted octanol–water partition coefficient (Wildman–Crippen LogP) is 3.25. The van der Waals surface area contributed by atoms with Crippen LogP contribution in [0.5, 0.6) is 5.75 Å². The van der Waals surface area contributed by atoms with Gasteiger partial charge in [0.1, 0.15) is 18.1 Å². The average Bonchev–Trinajstić information content (AvgIpc) is 2.69. The van der Waals surface area contributed by atoms with Gasteiger partial charge in [0.15, 0.2) is 0 Å². The summed E-state index contributed by atoms with van der Waals surface area (Å²) in [5, 5.41) is 5.96. The minimum absolute atomic E-state index is 0.000363. The van der Waals surface area contributed by atoms with E-state index >= 15 is 0 Å². The van der Waals surface area contributed by atoms with Gasteiger partial charge in [-0.2, -0.15) is 0 Å². The highest BCUT2D eigenvalue weighted by atomic mass is 19.1. The summed E-state index contributed by atoms with van der Waals surface area (Å²) in [5.74, 6) is -0.119. The third-order valence-electron chi connectivity index (χ3n) is 5.95. The summed E-state index contributed by atoms with van der Waals surface area (Å²) < 4.78 is 18.6. The Labute approximate surface area is 171 Å². The van der Waals surface area contributed by atoms with Crippen LogP contribution in [-0.2, 0) is 4.79 Å². The highest BCUT2D eigenvalue weighted by molar-refractivity contribution is 5.94. The molecule has 2 fully saturated rings. The highest BCUT2D eigenvalue weighted by Crippen LogP contribution is 2.30. The fourth-order valence-electron chi connectivity index (χ4n) is 3.92. The second kappa shape index (κ2) is 9.37. The van der Waals surface area contributed by atoms with Crippen LogP contribution in [-0.4, -0.2) is 43.3 Å². The van der Waals surface area contributed by atoms with Crippen LogP contribution < -0.4 is 15.4 Å². The lowest BCUT2D eigenvalue weighted by atomic mass is 9.78. The molecule has 2 aliphatic carbocycles. The van der Waals surface area contributed by atoms with E-state index in [0.717, 1.165) is 44.2 Å². The Hall–Kier alpha value is -2.44. The summed E-state index contributed by atoms with van der Waals surface area (Å²) in [7, 11) is 1.44. The number of benzene rings is 1. The van der Waals surface area contributed by atoms with Crippen molar-refractivity contribution in [2.24, 2.45) is 10.9 Å². The number of carbonyl (C=O) groups is 2. The third kappa shape index (κ3) is 6.02. The van der Waals surface area contributed by atoms with Crippen LogP contribution in [0.4, 0.5) is 4.39 Å². The monoisotopic (exact) mass is 403 g/mol. The largest absolute Gasteiger partial charge is 0.497 e. The van der Waals surface area contributed by atoms with Gasteiger partial charge in [-0.1, -0.05) is 0 Å². The molecule has 0 bridgehead atoms. The Morgan fingerprint density at radius 2 is 1.97 bits per heavy atom. The number of ether oxygens (including phenoxy) is 1. The van der Waals surface area contributed by atoms with Gasteiger partial charge in [-0.3, -0.25) is 14.6 Å². The van der Waals surface area contributed by atoms with Crippen LogP contribution in [0.25, 0.3) is 0 Å². The number of nitrogens with one attached hydrogen (secondary N) is 2. The third-order valence-corrected chi connectivity index (χ3v) is 5.95. The molecule has 2 N–H and O–H groups in total. The van der Waals surface area contributed by atoms with Gasteiger partial charge < -0.3 is 15.4 Å². The second-order valence-corrected chi connectivity index (χ2v) is 8.38. The molecular formula is C22H30FN3O3. The van der Waals surface area contributed by atoms with Gasteiger partial charge in [0.2, 0.25) is 5.91 Å². The van der Waals surface area contributed by atoms with E-state index in [-0.39, 0.29) is 29.5 Å². The zero-order valence-corrected chi connectivity index (χ0v) is 17.2. The van der Waals surface area contributed by atoms with Crippen molar-refractivity contribution < 1.29 is 18.7 Å². The number of hydrogen-bond acceptors (Lipinski definition) is 4. The molecule has 7 heteroatoms. The number of halogens is 1. The van der Waals surface area contributed by atoms with Crippen molar-refractivity contribution in [3.05, 3.63) is 29.6 Å². The lowest BCUT2D eigenvalue weighted by molar-refractivity contribution is -0.122. The standard InChI is InChI=1S/C22H30FN3O3/c1-22(8-3-9-22)26-20(27)14-24-18-6-4-15(5-7-18)13-25-21(28)16-10-17(23)12-19(11-16)29-2/h10-12,15H,3-9,13-14H2,1-2H3,(H,25,28)(H,26,27). The molecule has 0 spiro atoms. The van der Waals surface area contributed by atoms with Crippen molar-refractivity contribution in [2.45, 2.75) is 57.4 Å². The fraction of sp³-hybridized carbons (Fsp3) is 0.591. The lowest BCUT2D eigenvalue weighted by Crippen LogP contribution is -2.51. The van der Waals surface area contributed by atoms with Gasteiger partial charge in [-0.25, -0.2) is 4.39 Å². The average molecular weight is 403 g/mol. The van der Waals surface area contributed by atoms with Crippen LogP contribution >= 0.6 is 0 Å². The SMILES string of the molecule is COc1cc(F)cc(C(=O)NCC2CCC(=NCC(=O)NC3(C)CCC3)CC2)c1. The molecule has 0 saturated heterocycles. The zero-order valence-electron chi connectivity index (χ0n) is 17.2. The maximum absolute atomic E-state index is 13.6. The predicted molar refractivity (Wildman–Crippen MR) is 110 cm³/mol. The first-order chi connectivity index (χ1) is 13.9. The van der Waals surface area contributed by atoms with Crippen LogP contribution in [0, 0.1) is 11.7 Å². The first-order valence-electron chi connectivity index (χ1n) is 10.3. The van der Waals surface area contributed by atoms with Crippen molar-refractivity contribution >= 4 is 17.5 Å². The Morgan fingerprint density at radius 3 is 2.59 bits per heavy atom. The van der Waals surface area contributed by atoms with Crippen LogP contribution in [0.15, 0.2) is 23.2 Å². The van der Waals surface area contributed by atoms with Gasteiger partial charge in [0, 0.05) is 29.4 Å². The molecule has 29 heavy (non-hydrogen) atoms. The zero-order chi connectivity index (χ0) is 20.9. The molecular weight excluding hydrogens is 373 g/mol. The van der Waals surface area contributed by atoms with E-state index in [2.05, 4.69) is 22.5 Å². The van der Waals surface area contributed by atoms with Gasteiger partial charge >= 0.3 is 0 Å². The second-order valence-electron chi connectivity index (χ2n) is 8.38. The summed E-state index contributed by atoms with van der Waals surface area (Å²) in [6.07, 6.45) is 6.81. The molecule has 2 amide bonds. The van der Waals surface area contributed by atoms with Gasteiger partial charge in [0.05, 0.1) is 7.11 Å². The Balaban J connectivity index is 1.40. The first-order valence-corrected chi connectivity index (χ1v) is 10.3. The summed E-state index contributed by atoms with van der Waals surface area (Å²) in [6.45, 7) is 2.83. The van der Waals surface area contributed by atoms with E-state index in [0.29, 0.717) is 18.2 Å². The number of aliphatic imine (C=N–C) groups is 1. The summed E-state index contributed by atoms with van der Waals surface area (Å²) in [5.41, 5.74) is 1.31. The molecule has 1 aromatic rings. The minimum atomic E-state index is -0.497. The normalized spacial score (nSPS) is 20.4. The Morgan fingerprint density at radius 1 is 1.24 bits per heavy atom. The number of hydrogen-bond donors (Lipinski definition) is 2. The summed E-state index contributed by atoms with van der Waals surface area (Å²) in [4.78, 5) is 28.8. The van der Waals surface area contributed by atoms with Crippen LogP contribution in [0.2, 0.25) is 0 Å². The molecule has 158 valence electrons. The molecule has 0 aromatic heterocycles. The molecule has 2 aliphatic rings. The maximum atomic E-state index is 13.6. The van der Waals surface area contributed by atoms with E-state index in [1.54, 1.807) is 0 Å². The van der Waals surface area contributed by atoms with Gasteiger partial charge in [-0.05, 0) is 69.9 Å². The quantitative estimate of drug-likeness (QED) is 0.733. The first kappa shape index (κ1) is 21.3. The van der Waals surface area contributed by atoms with Gasteiger partial charge in [-0.15, -0.1) is 0 Å². The number of rotatable bonds is 7. The highest BCUT2D eigenvalue weighted by Gasteiger charge is 2.32. The molecule has 6 nitrogen and oxygen atoms in total. The number of carbonyl (C=O) groups excluding carboxylic acids is 2. The molecule has 0 unspecified atom stereocenters. The molecule has 1 aromatic carbocycles. The maximum Gasteiger partial charge on any atom is 0.251 e. The topological polar surface area (TPSA) is 79.8 Å². The van der Waals surface area contributed by atoms with Gasteiger partial charge in [0.25, 0.3) is 5.91 Å². The molecule has 0 aliphatic heterocycles. The van der Waals surface area contributed by atoms with E-state index in [1.807, 2.05) is 0 Å². The number of methoxy groups -OCH3 is 1. The summed E-state index contributed by atoms with van der Waals surface area (Å²) >= 11 is 0. The van der Waals surface area contributed by atoms with Crippen molar-refractivity contribution in [2.75, 3.05) is 20.2 Å². The molecule has 0 heterocycles. The Bertz CT molecular complexity index is 780. The van der Waals surface area contributed by atoms with Crippen LogP contribution in [0.1, 0.15) is 62.2 Å². The minimum Gasteiger partial charge on any atom is -0.497 e. The van der Waals surface area contributed by atoms with Crippen LogP contribution in [0.3, 0.4) is 0 Å². The molecule has 3 rings (SSSR count). The van der Waals surface area contributed by atoms with E-state index < -0.39 is 5.82 Å². The molecule has 0 radical (unpaired) electrons. The number of amides is 2. The van der Waals surface area contributed by atoms with E-state index in [4.69, 9.17) is 4.74 Å². The summed E-state index contributed by atoms with van der Waals surface area (Å²) in [6, 6.07) is 3.98. The van der Waals surface area contributed by atoms with E-state index in [9.17, 15) is 14.0 Å².